The third-order valence-corrected chi connectivity index (χ3v) is 13.0. The van der Waals surface area contributed by atoms with Crippen LogP contribution in [0.1, 0.15) is 48.7 Å². The van der Waals surface area contributed by atoms with Crippen LogP contribution in [0.2, 0.25) is 10.0 Å². The zero-order valence-electron chi connectivity index (χ0n) is 36.1. The Balaban J connectivity index is 1.14. The molecule has 2 aliphatic heterocycles. The first-order valence-corrected chi connectivity index (χ1v) is 22.5. The van der Waals surface area contributed by atoms with Crippen molar-refractivity contribution in [2.45, 2.75) is 69.7 Å². The average Bonchev–Trinajstić information content (AvgIpc) is 3.61. The highest BCUT2D eigenvalue weighted by Gasteiger charge is 2.37. The van der Waals surface area contributed by atoms with E-state index in [-0.39, 0.29) is 35.0 Å². The lowest BCUT2D eigenvalue weighted by Crippen LogP contribution is -2.61. The summed E-state index contributed by atoms with van der Waals surface area (Å²) in [6.07, 6.45) is 6.85. The van der Waals surface area contributed by atoms with Gasteiger partial charge in [0.1, 0.15) is 11.6 Å². The van der Waals surface area contributed by atoms with Crippen molar-refractivity contribution in [2.24, 2.45) is 13.0 Å². The van der Waals surface area contributed by atoms with E-state index in [1.54, 1.807) is 6.07 Å². The Morgan fingerprint density at radius 1 is 0.951 bits per heavy atom. The van der Waals surface area contributed by atoms with Gasteiger partial charge in [-0.15, -0.1) is 0 Å². The van der Waals surface area contributed by atoms with Gasteiger partial charge in [-0.25, -0.2) is 9.37 Å². The average molecular weight is 871 g/mol. The first-order valence-electron chi connectivity index (χ1n) is 21.7. The number of benzene rings is 4. The highest BCUT2D eigenvalue weighted by Crippen LogP contribution is 2.35. The van der Waals surface area contributed by atoms with E-state index in [4.69, 9.17) is 27.9 Å². The highest BCUT2D eigenvalue weighted by molar-refractivity contribution is 6.31. The third kappa shape index (κ3) is 12.0. The number of aliphatic hydroxyl groups excluding tert-OH is 1. The molecule has 12 heteroatoms. The van der Waals surface area contributed by atoms with Crippen LogP contribution in [-0.2, 0) is 33.0 Å². The Bertz CT molecular complexity index is 2150. The van der Waals surface area contributed by atoms with E-state index in [1.165, 1.54) is 11.1 Å². The maximum Gasteiger partial charge on any atom is 0.184 e. The summed E-state index contributed by atoms with van der Waals surface area (Å²) < 4.78 is 24.6. The molecule has 0 aliphatic carbocycles. The molecule has 3 N–H and O–H groups in total. The molecule has 9 nitrogen and oxygen atoms in total. The fraction of sp³-hybridized carbons (Fsp3) is 0.449. The van der Waals surface area contributed by atoms with Gasteiger partial charge in [-0.2, -0.15) is 0 Å². The first kappa shape index (κ1) is 45.2. The molecule has 1 unspecified atom stereocenters. The number of rotatable bonds is 12. The van der Waals surface area contributed by atoms with Crippen LogP contribution >= 0.6 is 23.2 Å². The minimum Gasteiger partial charge on any atom is -0.454 e. The third-order valence-electron chi connectivity index (χ3n) is 12.5. The van der Waals surface area contributed by atoms with Crippen LogP contribution in [0.15, 0.2) is 97.2 Å². The fourth-order valence-electron chi connectivity index (χ4n) is 9.09. The molecule has 4 aromatic carbocycles. The monoisotopic (exact) mass is 869 g/mol. The van der Waals surface area contributed by atoms with Crippen LogP contribution in [0.3, 0.4) is 0 Å². The van der Waals surface area contributed by atoms with Crippen molar-refractivity contribution < 1.29 is 14.2 Å². The molecule has 3 heterocycles. The highest BCUT2D eigenvalue weighted by atomic mass is 35.5. The lowest BCUT2D eigenvalue weighted by molar-refractivity contribution is 0.0882. The first-order chi connectivity index (χ1) is 29.5. The van der Waals surface area contributed by atoms with Crippen LogP contribution in [0.4, 0.5) is 4.39 Å². The molecule has 2 saturated heterocycles. The molecular weight excluding hydrogens is 808 g/mol. The van der Waals surface area contributed by atoms with E-state index in [9.17, 15) is 5.11 Å². The summed E-state index contributed by atoms with van der Waals surface area (Å²) in [5.74, 6) is 1.44. The molecule has 0 radical (unpaired) electrons. The maximum atomic E-state index is 16.1. The largest absolute Gasteiger partial charge is 0.454 e. The summed E-state index contributed by atoms with van der Waals surface area (Å²) >= 11 is 12.7. The number of ether oxygens (including phenoxy) is 1. The zero-order chi connectivity index (χ0) is 42.9. The molecule has 2 fully saturated rings. The van der Waals surface area contributed by atoms with E-state index in [1.807, 2.05) is 69.8 Å². The predicted octanol–water partition coefficient (Wildman–Crippen LogP) is 8.46. The van der Waals surface area contributed by atoms with E-state index < -0.39 is 5.82 Å². The molecule has 1 aromatic heterocycles. The van der Waals surface area contributed by atoms with Crippen LogP contribution in [0.25, 0.3) is 11.3 Å². The molecule has 0 amide bonds. The fourth-order valence-corrected chi connectivity index (χ4v) is 9.37. The van der Waals surface area contributed by atoms with Crippen molar-refractivity contribution in [3.05, 3.63) is 136 Å². The standard InChI is InChI=1S/C49H62Cl2FN7O2/c1-35-27-53-42(33-60)28-55-49(26-37-11-16-41(50)17-12-37)22-8-23-58(34-49)30-38(25-36-9-6-5-7-10-36)21-24-59(35)31-40-15-20-44(51)47(52)48(40)61-43-18-13-39(14-19-43)45-29-54-46(57(45)4)32-56(2)3/h5-7,9-20,29,35,38,42,53,55,60H,8,21-28,30-34H2,1-4H3/t35-,38-,42-,49+/m0/s1. The van der Waals surface area contributed by atoms with Gasteiger partial charge in [0.05, 0.1) is 30.1 Å². The molecule has 5 atom stereocenters. The summed E-state index contributed by atoms with van der Waals surface area (Å²) in [6, 6.07) is 30.2. The van der Waals surface area contributed by atoms with Gasteiger partial charge < -0.3 is 34.8 Å². The van der Waals surface area contributed by atoms with Gasteiger partial charge in [0.2, 0.25) is 0 Å². The second-order valence-corrected chi connectivity index (χ2v) is 18.4. The minimum absolute atomic E-state index is 0.0105. The van der Waals surface area contributed by atoms with Crippen LogP contribution in [-0.4, -0.2) is 107 Å². The van der Waals surface area contributed by atoms with Gasteiger partial charge in [-0.3, -0.25) is 4.90 Å². The number of nitrogens with one attached hydrogen (secondary N) is 2. The number of hydrogen-bond acceptors (Lipinski definition) is 8. The van der Waals surface area contributed by atoms with Crippen LogP contribution in [0.5, 0.6) is 11.5 Å². The Morgan fingerprint density at radius 3 is 2.46 bits per heavy atom. The number of nitrogens with zero attached hydrogens (tertiary/aromatic N) is 5. The van der Waals surface area contributed by atoms with Gasteiger partial charge in [-0.1, -0.05) is 71.7 Å². The van der Waals surface area contributed by atoms with Gasteiger partial charge in [0.25, 0.3) is 0 Å². The van der Waals surface area contributed by atoms with Crippen molar-refractivity contribution >= 4 is 23.2 Å². The topological polar surface area (TPSA) is 81.1 Å². The SMILES string of the molecule is C[C@H]1CN[C@H](CO)CN[C@@]2(Cc3ccc(Cl)cc3)CCCN(C[C@H](Cc3ccccc3)CCN1Cc1ccc(Cl)c(F)c1Oc1ccc(-c3cnc(CN(C)C)n3C)cc1)C2. The number of halogens is 3. The molecule has 0 spiro atoms. The molecule has 7 rings (SSSR count). The van der Waals surface area contributed by atoms with Gasteiger partial charge in [-0.05, 0) is 126 Å². The zero-order valence-corrected chi connectivity index (χ0v) is 37.6. The number of fused-ring (bicyclic) bond motifs is 2. The molecule has 2 aliphatic rings. The lowest BCUT2D eigenvalue weighted by Gasteiger charge is -2.46. The van der Waals surface area contributed by atoms with E-state index in [0.29, 0.717) is 31.3 Å². The normalized spacial score (nSPS) is 23.2. The number of imidazole rings is 1. The van der Waals surface area contributed by atoms with E-state index >= 15 is 4.39 Å². The van der Waals surface area contributed by atoms with Crippen molar-refractivity contribution in [3.63, 3.8) is 0 Å². The molecule has 326 valence electrons. The smallest absolute Gasteiger partial charge is 0.184 e. The van der Waals surface area contributed by atoms with Crippen LogP contribution < -0.4 is 15.4 Å². The number of piperidine rings is 1. The Hall–Kier alpha value is -3.84. The maximum absolute atomic E-state index is 16.1. The van der Waals surface area contributed by atoms with Crippen LogP contribution in [0, 0.1) is 11.7 Å². The number of aromatic nitrogens is 2. The van der Waals surface area contributed by atoms with Crippen molar-refractivity contribution in [1.29, 1.82) is 0 Å². The summed E-state index contributed by atoms with van der Waals surface area (Å²) in [5.41, 5.74) is 5.17. The molecular formula is C49H62Cl2FN7O2. The quantitative estimate of drug-likeness (QED) is 0.115. The number of aliphatic hydroxyl groups is 1. The van der Waals surface area contributed by atoms with Gasteiger partial charge in [0.15, 0.2) is 11.6 Å². The molecule has 61 heavy (non-hydrogen) atoms. The van der Waals surface area contributed by atoms with Gasteiger partial charge >= 0.3 is 0 Å². The molecule has 2 bridgehead atoms. The molecule has 5 aromatic rings. The van der Waals surface area contributed by atoms with Crippen molar-refractivity contribution in [1.82, 2.24) is 34.9 Å². The lowest BCUT2D eigenvalue weighted by atomic mass is 9.82. The second-order valence-electron chi connectivity index (χ2n) is 17.6. The second kappa shape index (κ2) is 21.0. The summed E-state index contributed by atoms with van der Waals surface area (Å²) in [7, 11) is 6.07. The van der Waals surface area contributed by atoms with Gasteiger partial charge in [0, 0.05) is 73.5 Å². The summed E-state index contributed by atoms with van der Waals surface area (Å²) in [5, 5.41) is 19.1. The predicted molar refractivity (Wildman–Crippen MR) is 246 cm³/mol. The molecule has 0 saturated carbocycles. The number of hydrogen-bond donors (Lipinski definition) is 3. The van der Waals surface area contributed by atoms with Crippen molar-refractivity contribution in [2.75, 3.05) is 60.0 Å². The Kier molecular flexibility index (Phi) is 15.6. The summed E-state index contributed by atoms with van der Waals surface area (Å²) in [6.45, 7) is 8.42. The Labute approximate surface area is 371 Å². The minimum atomic E-state index is -0.573. The summed E-state index contributed by atoms with van der Waals surface area (Å²) in [4.78, 5) is 11.8. The van der Waals surface area contributed by atoms with E-state index in [2.05, 4.69) is 84.3 Å². The Morgan fingerprint density at radius 2 is 1.72 bits per heavy atom. The van der Waals surface area contributed by atoms with E-state index in [0.717, 1.165) is 92.5 Å². The van der Waals surface area contributed by atoms with Crippen molar-refractivity contribution in [3.8, 4) is 22.8 Å².